The van der Waals surface area contributed by atoms with Crippen LogP contribution in [0.15, 0.2) is 34.9 Å². The van der Waals surface area contributed by atoms with Gasteiger partial charge < -0.3 is 23.8 Å². The Hall–Kier alpha value is -2.16. The van der Waals surface area contributed by atoms with Crippen molar-refractivity contribution in [3.8, 4) is 11.3 Å². The Bertz CT molecular complexity index is 1010. The fourth-order valence-electron chi connectivity index (χ4n) is 3.36. The van der Waals surface area contributed by atoms with E-state index in [0.717, 1.165) is 5.46 Å². The van der Waals surface area contributed by atoms with Gasteiger partial charge >= 0.3 is 7.12 Å². The number of rotatable bonds is 3. The minimum Gasteiger partial charge on any atom is -0.399 e. The molecule has 0 aliphatic carbocycles. The molecule has 1 aromatic heterocycles. The fraction of sp³-hybridized carbons (Fsp3) is 0.500. The first-order valence-corrected chi connectivity index (χ1v) is 9.22. The van der Waals surface area contributed by atoms with Gasteiger partial charge in [0.1, 0.15) is 5.69 Å². The first-order chi connectivity index (χ1) is 14.2. The van der Waals surface area contributed by atoms with Crippen molar-refractivity contribution in [3.05, 3.63) is 36.1 Å². The summed E-state index contributed by atoms with van der Waals surface area (Å²) in [5.74, 6) is -0.999. The molecule has 8 heteroatoms. The van der Waals surface area contributed by atoms with Crippen molar-refractivity contribution >= 4 is 18.5 Å². The van der Waals surface area contributed by atoms with Gasteiger partial charge in [-0.05, 0) is 33.2 Å². The van der Waals surface area contributed by atoms with Crippen LogP contribution < -0.4 is 5.46 Å². The van der Waals surface area contributed by atoms with Crippen LogP contribution in [0.25, 0.3) is 11.3 Å². The molecule has 7 nitrogen and oxygen atoms in total. The van der Waals surface area contributed by atoms with Crippen LogP contribution in [-0.2, 0) is 19.7 Å². The number of benzene rings is 1. The van der Waals surface area contributed by atoms with Crippen LogP contribution >= 0.6 is 0 Å². The minimum absolute atomic E-state index is 0.0831. The van der Waals surface area contributed by atoms with Crippen LogP contribution in [0.3, 0.4) is 0 Å². The zero-order valence-corrected chi connectivity index (χ0v) is 16.4. The normalized spacial score (nSPS) is 28.3. The molecule has 2 aliphatic rings. The van der Waals surface area contributed by atoms with Crippen molar-refractivity contribution in [3.63, 3.8) is 0 Å². The fourth-order valence-corrected chi connectivity index (χ4v) is 3.36. The SMILES string of the molecule is [2H]C([2H])([2H])N1CC[C@@](O)(c2cc(-c3cccc(B4OC(C)(C)C(C)(C)O4)c3)no2)C1=O. The zero-order chi connectivity index (χ0) is 22.8. The van der Waals surface area contributed by atoms with Gasteiger partial charge in [0, 0.05) is 35.7 Å². The lowest BCUT2D eigenvalue weighted by Gasteiger charge is -2.32. The molecule has 1 aromatic carbocycles. The predicted octanol–water partition coefficient (Wildman–Crippen LogP) is 1.69. The lowest BCUT2D eigenvalue weighted by atomic mass is 9.78. The van der Waals surface area contributed by atoms with E-state index in [1.54, 1.807) is 0 Å². The average molecular weight is 387 g/mol. The molecule has 1 amide bonds. The molecule has 148 valence electrons. The molecule has 1 atom stereocenters. The first-order valence-electron chi connectivity index (χ1n) is 10.7. The third kappa shape index (κ3) is 2.87. The number of nitrogens with zero attached hydrogens (tertiary/aromatic N) is 2. The number of carbonyl (C=O) groups excluding carboxylic acids is 1. The molecule has 4 rings (SSSR count). The van der Waals surface area contributed by atoms with Crippen molar-refractivity contribution in [1.82, 2.24) is 10.1 Å². The Labute approximate surface area is 169 Å². The number of amides is 1. The summed E-state index contributed by atoms with van der Waals surface area (Å²) < 4.78 is 39.8. The Balaban J connectivity index is 1.60. The molecule has 0 spiro atoms. The predicted molar refractivity (Wildman–Crippen MR) is 104 cm³/mol. The molecule has 2 aromatic rings. The van der Waals surface area contributed by atoms with Crippen molar-refractivity contribution in [2.24, 2.45) is 0 Å². The molecule has 28 heavy (non-hydrogen) atoms. The van der Waals surface area contributed by atoms with Crippen molar-refractivity contribution in [2.45, 2.75) is 50.9 Å². The molecule has 2 aliphatic heterocycles. The Kier molecular flexibility index (Phi) is 3.47. The van der Waals surface area contributed by atoms with Gasteiger partial charge in [-0.2, -0.15) is 0 Å². The van der Waals surface area contributed by atoms with Crippen LogP contribution in [0.5, 0.6) is 0 Å². The zero-order valence-electron chi connectivity index (χ0n) is 19.4. The molecule has 3 heterocycles. The maximum atomic E-state index is 12.6. The number of hydrogen-bond donors (Lipinski definition) is 1. The van der Waals surface area contributed by atoms with E-state index in [1.165, 1.54) is 6.07 Å². The van der Waals surface area contributed by atoms with Crippen molar-refractivity contribution in [1.29, 1.82) is 0 Å². The lowest BCUT2D eigenvalue weighted by molar-refractivity contribution is -0.144. The maximum absolute atomic E-state index is 12.6. The van der Waals surface area contributed by atoms with Crippen LogP contribution in [0.2, 0.25) is 0 Å². The third-order valence-corrected chi connectivity index (χ3v) is 5.92. The molecular formula is C20H25BN2O5. The van der Waals surface area contributed by atoms with Gasteiger partial charge in [0.15, 0.2) is 5.76 Å². The van der Waals surface area contributed by atoms with Gasteiger partial charge in [-0.1, -0.05) is 29.4 Å². The summed E-state index contributed by atoms with van der Waals surface area (Å²) >= 11 is 0. The Morgan fingerprint density at radius 3 is 2.57 bits per heavy atom. The number of carbonyl (C=O) groups is 1. The summed E-state index contributed by atoms with van der Waals surface area (Å²) in [5, 5.41) is 14.8. The highest BCUT2D eigenvalue weighted by molar-refractivity contribution is 6.62. The molecule has 2 saturated heterocycles. The molecule has 0 radical (unpaired) electrons. The summed E-state index contributed by atoms with van der Waals surface area (Å²) in [5.41, 5.74) is -1.12. The van der Waals surface area contributed by atoms with Crippen molar-refractivity contribution < 1.29 is 27.8 Å². The summed E-state index contributed by atoms with van der Waals surface area (Å²) in [7, 11) is -0.551. The number of likely N-dealkylation sites (N-methyl/N-ethyl adjacent to an activating group) is 1. The van der Waals surface area contributed by atoms with Crippen LogP contribution in [0.1, 0.15) is 44.0 Å². The van der Waals surface area contributed by atoms with E-state index in [1.807, 2.05) is 52.0 Å². The van der Waals surface area contributed by atoms with Gasteiger partial charge in [-0.25, -0.2) is 0 Å². The van der Waals surface area contributed by atoms with Crippen molar-refractivity contribution in [2.75, 3.05) is 13.5 Å². The molecular weight excluding hydrogens is 359 g/mol. The topological polar surface area (TPSA) is 85.0 Å². The average Bonchev–Trinajstić information content (AvgIpc) is 3.32. The molecule has 1 N–H and O–H groups in total. The maximum Gasteiger partial charge on any atom is 0.494 e. The van der Waals surface area contributed by atoms with E-state index in [0.29, 0.717) is 16.2 Å². The van der Waals surface area contributed by atoms with E-state index in [9.17, 15) is 9.90 Å². The summed E-state index contributed by atoms with van der Waals surface area (Å²) in [6.45, 7) is 5.18. The quantitative estimate of drug-likeness (QED) is 0.807. The number of likely N-dealkylation sites (tertiary alicyclic amines) is 1. The highest BCUT2D eigenvalue weighted by Gasteiger charge is 2.52. The van der Waals surface area contributed by atoms with Gasteiger partial charge in [0.2, 0.25) is 5.60 Å². The van der Waals surface area contributed by atoms with Crippen LogP contribution in [-0.4, -0.2) is 52.9 Å². The molecule has 2 fully saturated rings. The van der Waals surface area contributed by atoms with Gasteiger partial charge in [-0.3, -0.25) is 4.79 Å². The van der Waals surface area contributed by atoms with Gasteiger partial charge in [0.25, 0.3) is 5.91 Å². The van der Waals surface area contributed by atoms with E-state index >= 15 is 0 Å². The number of aromatic nitrogens is 1. The molecule has 0 unspecified atom stereocenters. The van der Waals surface area contributed by atoms with E-state index in [-0.39, 0.29) is 18.7 Å². The first kappa shape index (κ1) is 15.7. The highest BCUT2D eigenvalue weighted by atomic mass is 16.7. The van der Waals surface area contributed by atoms with E-state index in [2.05, 4.69) is 5.16 Å². The van der Waals surface area contributed by atoms with E-state index in [4.69, 9.17) is 17.9 Å². The largest absolute Gasteiger partial charge is 0.494 e. The van der Waals surface area contributed by atoms with Crippen LogP contribution in [0.4, 0.5) is 0 Å². The molecule has 0 saturated carbocycles. The van der Waals surface area contributed by atoms with Gasteiger partial charge in [0.05, 0.1) is 11.2 Å². The second-order valence-electron chi connectivity index (χ2n) is 8.36. The van der Waals surface area contributed by atoms with Crippen LogP contribution in [0, 0.1) is 0 Å². The summed E-state index contributed by atoms with van der Waals surface area (Å²) in [6.07, 6.45) is -0.0905. The smallest absolute Gasteiger partial charge is 0.399 e. The van der Waals surface area contributed by atoms with E-state index < -0.39 is 36.8 Å². The summed E-state index contributed by atoms with van der Waals surface area (Å²) in [6, 6.07) is 8.83. The second kappa shape index (κ2) is 6.17. The third-order valence-electron chi connectivity index (χ3n) is 5.92. The monoisotopic (exact) mass is 387 g/mol. The summed E-state index contributed by atoms with van der Waals surface area (Å²) in [4.78, 5) is 13.2. The highest BCUT2D eigenvalue weighted by Crippen LogP contribution is 2.37. The second-order valence-corrected chi connectivity index (χ2v) is 8.36. The number of hydrogen-bond acceptors (Lipinski definition) is 6. The Morgan fingerprint density at radius 1 is 1.21 bits per heavy atom. The Morgan fingerprint density at radius 2 is 1.93 bits per heavy atom. The lowest BCUT2D eigenvalue weighted by Crippen LogP contribution is -2.41. The minimum atomic E-state index is -2.62. The standard InChI is InChI=1S/C20H25BN2O5/c1-18(2)19(3,4)28-21(27-18)14-8-6-7-13(11-14)15-12-16(26-22-15)20(25)9-10-23(5)17(20)24/h6-8,11-12,25H,9-10H2,1-5H3/t20-/m1/s1/i5D3. The molecule has 0 bridgehead atoms. The number of aliphatic hydroxyl groups is 1. The van der Waals surface area contributed by atoms with Gasteiger partial charge in [-0.15, -0.1) is 0 Å².